The smallest absolute Gasteiger partial charge is 0.272 e. The highest BCUT2D eigenvalue weighted by Gasteiger charge is 2.59. The number of rotatable bonds is 5. The molecule has 1 saturated carbocycles. The fourth-order valence-electron chi connectivity index (χ4n) is 5.36. The van der Waals surface area contributed by atoms with Crippen LogP contribution in [-0.4, -0.2) is 80.3 Å². The highest BCUT2D eigenvalue weighted by molar-refractivity contribution is 6.32. The molecule has 1 aromatic carbocycles. The third-order valence-corrected chi connectivity index (χ3v) is 7.88. The van der Waals surface area contributed by atoms with Crippen molar-refractivity contribution in [1.29, 1.82) is 0 Å². The summed E-state index contributed by atoms with van der Waals surface area (Å²) in [6, 6.07) is 2.65. The normalized spacial score (nSPS) is 30.1. The lowest BCUT2D eigenvalue weighted by molar-refractivity contribution is 0.0352. The molecule has 5 atom stereocenters. The van der Waals surface area contributed by atoms with Gasteiger partial charge in [-0.15, -0.1) is 0 Å². The van der Waals surface area contributed by atoms with Gasteiger partial charge in [0.1, 0.15) is 12.2 Å². The van der Waals surface area contributed by atoms with E-state index >= 15 is 4.39 Å². The Morgan fingerprint density at radius 3 is 2.75 bits per heavy atom. The molecule has 8 nitrogen and oxygen atoms in total. The lowest BCUT2D eigenvalue weighted by Crippen LogP contribution is -2.50. The Labute approximate surface area is 210 Å². The predicted octanol–water partition coefficient (Wildman–Crippen LogP) is 4.00. The van der Waals surface area contributed by atoms with E-state index in [1.807, 2.05) is 24.0 Å². The van der Waals surface area contributed by atoms with Crippen LogP contribution in [0.2, 0.25) is 5.15 Å². The van der Waals surface area contributed by atoms with E-state index in [1.165, 1.54) is 6.20 Å². The number of piperidine rings is 1. The van der Waals surface area contributed by atoms with Gasteiger partial charge in [0.25, 0.3) is 5.92 Å². The van der Waals surface area contributed by atoms with Crippen LogP contribution in [0.4, 0.5) is 24.8 Å². The number of halogens is 4. The zero-order valence-corrected chi connectivity index (χ0v) is 20.3. The average molecular weight is 523 g/mol. The zero-order chi connectivity index (χ0) is 25.2. The van der Waals surface area contributed by atoms with Gasteiger partial charge in [-0.05, 0) is 43.1 Å². The molecule has 0 bridgehead atoms. The van der Waals surface area contributed by atoms with Crippen molar-refractivity contribution in [2.75, 3.05) is 31.6 Å². The van der Waals surface area contributed by atoms with Crippen molar-refractivity contribution in [2.24, 2.45) is 0 Å². The summed E-state index contributed by atoms with van der Waals surface area (Å²) in [5, 5.41) is 17.9. The van der Waals surface area contributed by atoms with Crippen LogP contribution < -0.4 is 5.32 Å². The largest absolute Gasteiger partial charge is 0.389 e. The predicted molar refractivity (Wildman–Crippen MR) is 128 cm³/mol. The highest BCUT2D eigenvalue weighted by atomic mass is 35.5. The molecule has 192 valence electrons. The first-order valence-corrected chi connectivity index (χ1v) is 12.4. The van der Waals surface area contributed by atoms with Gasteiger partial charge in [-0.1, -0.05) is 11.6 Å². The molecule has 0 radical (unpaired) electrons. The Bertz CT molecular complexity index is 1310. The number of hydrogen-bond acceptors (Lipinski definition) is 7. The van der Waals surface area contributed by atoms with Gasteiger partial charge < -0.3 is 15.2 Å². The summed E-state index contributed by atoms with van der Waals surface area (Å²) < 4.78 is 48.7. The van der Waals surface area contributed by atoms with Gasteiger partial charge in [-0.25, -0.2) is 27.8 Å². The van der Waals surface area contributed by atoms with Crippen LogP contribution in [0.25, 0.3) is 10.9 Å². The maximum absolute atomic E-state index is 15.4. The van der Waals surface area contributed by atoms with Gasteiger partial charge in [0.05, 0.1) is 42.8 Å². The molecule has 1 aliphatic carbocycles. The SMILES string of the molecule is Cc1cc2cnc(Nc3cnn(C4CC4(F)F)c3Cl)nc2cc1[C@@H]1CCN([C@@H]2COC[C@@H]2O)C[C@H]1F. The lowest BCUT2D eigenvalue weighted by Gasteiger charge is -2.39. The molecule has 2 aliphatic heterocycles. The number of fused-ring (bicyclic) bond motifs is 1. The Hall–Kier alpha value is -2.47. The van der Waals surface area contributed by atoms with Crippen LogP contribution in [0.5, 0.6) is 0 Å². The first-order chi connectivity index (χ1) is 17.2. The molecule has 36 heavy (non-hydrogen) atoms. The van der Waals surface area contributed by atoms with Crippen LogP contribution in [0.1, 0.15) is 35.9 Å². The number of ether oxygens (including phenoxy) is 1. The molecule has 4 heterocycles. The van der Waals surface area contributed by atoms with Gasteiger partial charge in [0, 0.05) is 30.5 Å². The van der Waals surface area contributed by atoms with Crippen LogP contribution >= 0.6 is 11.6 Å². The standard InChI is InChI=1S/C24H26ClF3N6O2/c1-12-4-13-7-29-23(32-18-8-30-34(22(18)25)21-6-24(21,27)28)31-17(13)5-15(12)14-2-3-33(9-16(14)26)19-10-36-11-20(19)35/h4-5,7-8,14,16,19-21,35H,2-3,6,9-11H2,1H3,(H,29,31,32)/t14-,16+,19+,20-,21?/m0/s1. The fourth-order valence-corrected chi connectivity index (χ4v) is 5.62. The Kier molecular flexibility index (Phi) is 5.86. The maximum Gasteiger partial charge on any atom is 0.272 e. The number of benzene rings is 1. The molecule has 12 heteroatoms. The minimum Gasteiger partial charge on any atom is -0.389 e. The summed E-state index contributed by atoms with van der Waals surface area (Å²) in [7, 11) is 0. The first kappa shape index (κ1) is 23.9. The van der Waals surface area contributed by atoms with Crippen molar-refractivity contribution in [1.82, 2.24) is 24.6 Å². The van der Waals surface area contributed by atoms with Crippen LogP contribution in [-0.2, 0) is 4.74 Å². The molecular formula is C24H26ClF3N6O2. The lowest BCUT2D eigenvalue weighted by atomic mass is 9.84. The third-order valence-electron chi connectivity index (χ3n) is 7.50. The Balaban J connectivity index is 1.22. The van der Waals surface area contributed by atoms with E-state index in [0.29, 0.717) is 37.4 Å². The second-order valence-electron chi connectivity index (χ2n) is 9.94. The number of aromatic nitrogens is 4. The topological polar surface area (TPSA) is 88.3 Å². The second-order valence-corrected chi connectivity index (χ2v) is 10.3. The number of aliphatic hydroxyl groups is 1. The minimum atomic E-state index is -2.80. The third kappa shape index (κ3) is 4.21. The van der Waals surface area contributed by atoms with Gasteiger partial charge in [-0.3, -0.25) is 4.90 Å². The van der Waals surface area contributed by atoms with E-state index in [4.69, 9.17) is 16.3 Å². The summed E-state index contributed by atoms with van der Waals surface area (Å²) in [6.07, 6.45) is 1.69. The van der Waals surface area contributed by atoms with E-state index in [0.717, 1.165) is 21.2 Å². The van der Waals surface area contributed by atoms with E-state index in [2.05, 4.69) is 20.4 Å². The zero-order valence-electron chi connectivity index (χ0n) is 19.5. The van der Waals surface area contributed by atoms with Crippen molar-refractivity contribution in [3.05, 3.63) is 40.8 Å². The number of anilines is 2. The van der Waals surface area contributed by atoms with Crippen molar-refractivity contribution in [2.45, 2.75) is 56.0 Å². The number of hydrogen-bond donors (Lipinski definition) is 2. The van der Waals surface area contributed by atoms with Crippen molar-refractivity contribution in [3.63, 3.8) is 0 Å². The molecule has 3 aliphatic rings. The molecule has 1 unspecified atom stereocenters. The summed E-state index contributed by atoms with van der Waals surface area (Å²) in [5.74, 6) is -2.84. The Morgan fingerprint density at radius 2 is 2.06 bits per heavy atom. The number of nitrogens with zero attached hydrogens (tertiary/aromatic N) is 5. The second kappa shape index (κ2) is 8.83. The average Bonchev–Trinajstić information content (AvgIpc) is 3.12. The molecule has 3 fully saturated rings. The Morgan fingerprint density at radius 1 is 1.25 bits per heavy atom. The molecule has 2 N–H and O–H groups in total. The fraction of sp³-hybridized carbons (Fsp3) is 0.542. The monoisotopic (exact) mass is 522 g/mol. The molecule has 3 aromatic rings. The van der Waals surface area contributed by atoms with Gasteiger partial charge in [0.2, 0.25) is 5.95 Å². The molecule has 2 saturated heterocycles. The summed E-state index contributed by atoms with van der Waals surface area (Å²) >= 11 is 6.27. The van der Waals surface area contributed by atoms with Crippen molar-refractivity contribution >= 4 is 34.1 Å². The molecule has 2 aromatic heterocycles. The van der Waals surface area contributed by atoms with Crippen LogP contribution in [0.15, 0.2) is 24.5 Å². The molecule has 0 spiro atoms. The number of aryl methyl sites for hydroxylation is 1. The van der Waals surface area contributed by atoms with Crippen LogP contribution in [0, 0.1) is 6.92 Å². The van der Waals surface area contributed by atoms with Crippen molar-refractivity contribution in [3.8, 4) is 0 Å². The summed E-state index contributed by atoms with van der Waals surface area (Å²) in [5.41, 5.74) is 2.83. The molecular weight excluding hydrogens is 497 g/mol. The van der Waals surface area contributed by atoms with Crippen molar-refractivity contribution < 1.29 is 23.0 Å². The van der Waals surface area contributed by atoms with E-state index in [-0.39, 0.29) is 36.0 Å². The molecule has 6 rings (SSSR count). The van der Waals surface area contributed by atoms with Crippen LogP contribution in [0.3, 0.4) is 0 Å². The number of likely N-dealkylation sites (tertiary alicyclic amines) is 1. The highest BCUT2D eigenvalue weighted by Crippen LogP contribution is 2.53. The van der Waals surface area contributed by atoms with Gasteiger partial charge >= 0.3 is 0 Å². The summed E-state index contributed by atoms with van der Waals surface area (Å²) in [6.45, 7) is 3.59. The quantitative estimate of drug-likeness (QED) is 0.523. The summed E-state index contributed by atoms with van der Waals surface area (Å²) in [4.78, 5) is 10.9. The minimum absolute atomic E-state index is 0.0651. The maximum atomic E-state index is 15.4. The first-order valence-electron chi connectivity index (χ1n) is 12.0. The number of nitrogens with one attached hydrogen (secondary N) is 1. The number of aliphatic hydroxyl groups excluding tert-OH is 1. The van der Waals surface area contributed by atoms with E-state index < -0.39 is 24.2 Å². The molecule has 0 amide bonds. The van der Waals surface area contributed by atoms with Gasteiger partial charge in [-0.2, -0.15) is 5.10 Å². The van der Waals surface area contributed by atoms with E-state index in [1.54, 1.807) is 6.20 Å². The number of alkyl halides is 3. The van der Waals surface area contributed by atoms with Gasteiger partial charge in [0.15, 0.2) is 5.15 Å². The van der Waals surface area contributed by atoms with E-state index in [9.17, 15) is 13.9 Å².